The van der Waals surface area contributed by atoms with Gasteiger partial charge in [-0.05, 0) is 88.0 Å². The van der Waals surface area contributed by atoms with E-state index in [0.717, 1.165) is 32.1 Å². The van der Waals surface area contributed by atoms with Gasteiger partial charge < -0.3 is 10.2 Å². The highest BCUT2D eigenvalue weighted by atomic mass is 16.3. The molecule has 0 aromatic carbocycles. The quantitative estimate of drug-likeness (QED) is 0.526. The maximum Gasteiger partial charge on any atom is 0.0771 e. The molecule has 0 unspecified atom stereocenters. The fourth-order valence-corrected chi connectivity index (χ4v) is 5.70. The molecular weight excluding hydrogens is 356 g/mol. The lowest BCUT2D eigenvalue weighted by Crippen LogP contribution is -2.32. The maximum atomic E-state index is 10.0. The number of hydrogen-bond acceptors (Lipinski definition) is 2. The molecule has 0 heterocycles. The van der Waals surface area contributed by atoms with Gasteiger partial charge in [-0.2, -0.15) is 0 Å². The van der Waals surface area contributed by atoms with Gasteiger partial charge >= 0.3 is 0 Å². The molecule has 2 N–H and O–H groups in total. The number of allylic oxidation sites excluding steroid dienone is 7. The van der Waals surface area contributed by atoms with Crippen molar-refractivity contribution in [2.45, 2.75) is 90.8 Å². The van der Waals surface area contributed by atoms with E-state index in [9.17, 15) is 10.2 Å². The van der Waals surface area contributed by atoms with Gasteiger partial charge in [-0.15, -0.1) is 0 Å². The summed E-state index contributed by atoms with van der Waals surface area (Å²) in [5, 5.41) is 19.9. The van der Waals surface area contributed by atoms with Crippen LogP contribution in [0.5, 0.6) is 0 Å². The average molecular weight is 397 g/mol. The lowest BCUT2D eigenvalue weighted by Gasteiger charge is -2.42. The first-order valence-electron chi connectivity index (χ1n) is 11.5. The molecule has 0 amide bonds. The molecule has 160 valence electrons. The van der Waals surface area contributed by atoms with Crippen LogP contribution in [0.3, 0.4) is 0 Å². The second kappa shape index (κ2) is 8.78. The van der Waals surface area contributed by atoms with Gasteiger partial charge in [0.25, 0.3) is 0 Å². The predicted molar refractivity (Wildman–Crippen MR) is 123 cm³/mol. The molecule has 0 aromatic rings. The van der Waals surface area contributed by atoms with Gasteiger partial charge in [0.1, 0.15) is 0 Å². The molecule has 0 aliphatic heterocycles. The predicted octanol–water partition coefficient (Wildman–Crippen LogP) is 6.43. The summed E-state index contributed by atoms with van der Waals surface area (Å²) >= 11 is 0. The summed E-state index contributed by atoms with van der Waals surface area (Å²) in [4.78, 5) is 0. The summed E-state index contributed by atoms with van der Waals surface area (Å²) in [6.07, 6.45) is 19.3. The van der Waals surface area contributed by atoms with Crippen molar-refractivity contribution in [2.24, 2.45) is 17.3 Å². The molecule has 0 bridgehead atoms. The van der Waals surface area contributed by atoms with Crippen molar-refractivity contribution in [1.29, 1.82) is 0 Å². The van der Waals surface area contributed by atoms with Crippen LogP contribution < -0.4 is 0 Å². The van der Waals surface area contributed by atoms with E-state index in [1.165, 1.54) is 30.4 Å². The van der Waals surface area contributed by atoms with Gasteiger partial charge in [0.05, 0.1) is 11.7 Å². The lowest BCUT2D eigenvalue weighted by atomic mass is 9.62. The van der Waals surface area contributed by atoms with E-state index in [1.54, 1.807) is 11.1 Å². The Morgan fingerprint density at radius 3 is 2.79 bits per heavy atom. The first-order chi connectivity index (χ1) is 13.6. The van der Waals surface area contributed by atoms with Gasteiger partial charge in [-0.3, -0.25) is 0 Å². The highest BCUT2D eigenvalue weighted by molar-refractivity contribution is 5.38. The van der Waals surface area contributed by atoms with E-state index >= 15 is 0 Å². The summed E-state index contributed by atoms with van der Waals surface area (Å²) in [7, 11) is 0. The van der Waals surface area contributed by atoms with Crippen molar-refractivity contribution in [3.63, 3.8) is 0 Å². The molecule has 3 rings (SSSR count). The largest absolute Gasteiger partial charge is 0.393 e. The summed E-state index contributed by atoms with van der Waals surface area (Å²) < 4.78 is 0. The molecule has 2 fully saturated rings. The Morgan fingerprint density at radius 2 is 2.07 bits per heavy atom. The summed E-state index contributed by atoms with van der Waals surface area (Å²) in [5.41, 5.74) is 5.14. The van der Waals surface area contributed by atoms with E-state index in [-0.39, 0.29) is 11.5 Å². The molecule has 29 heavy (non-hydrogen) atoms. The molecular formula is C27H40O2. The van der Waals surface area contributed by atoms with E-state index in [2.05, 4.69) is 44.7 Å². The van der Waals surface area contributed by atoms with Crippen molar-refractivity contribution in [1.82, 2.24) is 0 Å². The monoisotopic (exact) mass is 396 g/mol. The van der Waals surface area contributed by atoms with Crippen LogP contribution in [-0.2, 0) is 0 Å². The van der Waals surface area contributed by atoms with Gasteiger partial charge in [0, 0.05) is 0 Å². The van der Waals surface area contributed by atoms with E-state index in [1.807, 2.05) is 19.9 Å². The molecule has 3 aliphatic rings. The van der Waals surface area contributed by atoms with Crippen molar-refractivity contribution < 1.29 is 10.2 Å². The zero-order valence-corrected chi connectivity index (χ0v) is 18.9. The van der Waals surface area contributed by atoms with Crippen LogP contribution in [0.1, 0.15) is 79.1 Å². The van der Waals surface area contributed by atoms with Crippen LogP contribution in [0.25, 0.3) is 0 Å². The van der Waals surface area contributed by atoms with Gasteiger partial charge in [-0.1, -0.05) is 67.5 Å². The Labute approximate surface area is 177 Å². The van der Waals surface area contributed by atoms with Crippen molar-refractivity contribution in [3.05, 3.63) is 59.3 Å². The van der Waals surface area contributed by atoms with E-state index < -0.39 is 5.60 Å². The normalized spacial score (nSPS) is 34.7. The average Bonchev–Trinajstić information content (AvgIpc) is 2.99. The number of aliphatic hydroxyl groups is 2. The highest BCUT2D eigenvalue weighted by Gasteiger charge is 2.45. The van der Waals surface area contributed by atoms with Crippen LogP contribution >= 0.6 is 0 Å². The zero-order chi connectivity index (χ0) is 21.2. The van der Waals surface area contributed by atoms with E-state index in [0.29, 0.717) is 11.8 Å². The number of fused-ring (bicyclic) bond motifs is 1. The third-order valence-corrected chi connectivity index (χ3v) is 7.35. The fraction of sp³-hybridized carbons (Fsp3) is 0.630. The summed E-state index contributed by atoms with van der Waals surface area (Å²) in [6, 6.07) is 0. The van der Waals surface area contributed by atoms with Crippen LogP contribution in [0, 0.1) is 17.3 Å². The van der Waals surface area contributed by atoms with Crippen LogP contribution in [0.4, 0.5) is 0 Å². The number of rotatable bonds is 5. The van der Waals surface area contributed by atoms with Gasteiger partial charge in [0.2, 0.25) is 0 Å². The first kappa shape index (κ1) is 22.3. The van der Waals surface area contributed by atoms with Crippen LogP contribution in [0.15, 0.2) is 59.3 Å². The number of aliphatic hydroxyl groups excluding tert-OH is 1. The highest BCUT2D eigenvalue weighted by Crippen LogP contribution is 2.56. The lowest BCUT2D eigenvalue weighted by molar-refractivity contribution is 0.132. The topological polar surface area (TPSA) is 40.5 Å². The maximum absolute atomic E-state index is 10.0. The molecule has 2 nitrogen and oxygen atoms in total. The van der Waals surface area contributed by atoms with Gasteiger partial charge in [-0.25, -0.2) is 0 Å². The fourth-order valence-electron chi connectivity index (χ4n) is 5.70. The molecule has 0 aromatic heterocycles. The minimum Gasteiger partial charge on any atom is -0.393 e. The van der Waals surface area contributed by atoms with Crippen molar-refractivity contribution in [3.8, 4) is 0 Å². The molecule has 3 aliphatic carbocycles. The second-order valence-corrected chi connectivity index (χ2v) is 10.3. The second-order valence-electron chi connectivity index (χ2n) is 10.3. The van der Waals surface area contributed by atoms with Crippen LogP contribution in [0.2, 0.25) is 0 Å². The molecule has 0 radical (unpaired) electrons. The Bertz CT molecular complexity index is 743. The Hall–Kier alpha value is -1.38. The zero-order valence-electron chi connectivity index (χ0n) is 18.9. The summed E-state index contributed by atoms with van der Waals surface area (Å²) in [6.45, 7) is 12.7. The minimum absolute atomic E-state index is 0.209. The Morgan fingerprint density at radius 1 is 1.31 bits per heavy atom. The molecule has 2 heteroatoms. The molecule has 4 atom stereocenters. The Balaban J connectivity index is 1.73. The third-order valence-electron chi connectivity index (χ3n) is 7.35. The molecule has 2 saturated carbocycles. The van der Waals surface area contributed by atoms with Gasteiger partial charge in [0.15, 0.2) is 0 Å². The first-order valence-corrected chi connectivity index (χ1v) is 11.5. The molecule has 0 spiro atoms. The van der Waals surface area contributed by atoms with Crippen molar-refractivity contribution >= 4 is 0 Å². The standard InChI is InChI=1S/C27H40O2/c1-19-10-13-23(28)18-22(19)12-11-21-9-7-17-27(5)24(14-15-25(21)27)20(2)8-6-16-26(3,4)29/h6,11-12,14,16,20,23,25,28-29H,1,7-10,13,15,17-18H2,2-5H3/b16-6-,21-11+,22-12+/t20-,23+,25+,27-/m1/s1. The third kappa shape index (κ3) is 5.22. The summed E-state index contributed by atoms with van der Waals surface area (Å²) in [5.74, 6) is 1.11. The molecule has 0 saturated heterocycles. The minimum atomic E-state index is -0.735. The SMILES string of the molecule is C=C1CC[C@H](O)C/C1=C\C=C1/CCC[C@]2(C)C([C@H](C)C/C=C\C(C)(C)O)=CC[C@@H]12. The smallest absolute Gasteiger partial charge is 0.0771 e. The van der Waals surface area contributed by atoms with Crippen LogP contribution in [-0.4, -0.2) is 21.9 Å². The number of hydrogen-bond donors (Lipinski definition) is 2. The Kier molecular flexibility index (Phi) is 6.75. The van der Waals surface area contributed by atoms with Crippen molar-refractivity contribution in [2.75, 3.05) is 0 Å². The van der Waals surface area contributed by atoms with E-state index in [4.69, 9.17) is 0 Å².